The van der Waals surface area contributed by atoms with Gasteiger partial charge in [-0.3, -0.25) is 14.4 Å². The standard InChI is InChI=1S/C18H19FN4O2S/c1-11-8-15(21-22(11)2)17(24)23(10-13-4-3-7-25-13)18-20-14-6-5-12(19)9-16(14)26-18/h5-6,8-9,13H,3-4,7,10H2,1-2H3/t13-/m1/s1. The van der Waals surface area contributed by atoms with Crippen molar-refractivity contribution in [2.75, 3.05) is 18.1 Å². The summed E-state index contributed by atoms with van der Waals surface area (Å²) in [6.45, 7) is 3.02. The van der Waals surface area contributed by atoms with Gasteiger partial charge in [0.05, 0.1) is 22.9 Å². The number of aryl methyl sites for hydroxylation is 2. The van der Waals surface area contributed by atoms with E-state index in [4.69, 9.17) is 4.74 Å². The number of anilines is 1. The molecule has 3 aromatic rings. The molecule has 0 bridgehead atoms. The second-order valence-electron chi connectivity index (χ2n) is 6.45. The van der Waals surface area contributed by atoms with Gasteiger partial charge >= 0.3 is 0 Å². The van der Waals surface area contributed by atoms with Crippen LogP contribution in [0.15, 0.2) is 24.3 Å². The largest absolute Gasteiger partial charge is 0.376 e. The third-order valence-corrected chi connectivity index (χ3v) is 5.60. The Bertz CT molecular complexity index is 942. The molecule has 1 atom stereocenters. The highest BCUT2D eigenvalue weighted by molar-refractivity contribution is 7.22. The molecule has 1 aliphatic rings. The molecule has 3 heterocycles. The van der Waals surface area contributed by atoms with Gasteiger partial charge in [-0.25, -0.2) is 9.37 Å². The molecule has 0 saturated carbocycles. The first-order valence-electron chi connectivity index (χ1n) is 8.51. The minimum Gasteiger partial charge on any atom is -0.376 e. The fraction of sp³-hybridized carbons (Fsp3) is 0.389. The maximum absolute atomic E-state index is 13.5. The zero-order chi connectivity index (χ0) is 18.3. The summed E-state index contributed by atoms with van der Waals surface area (Å²) in [5.41, 5.74) is 1.94. The summed E-state index contributed by atoms with van der Waals surface area (Å²) in [5.74, 6) is -0.534. The SMILES string of the molecule is Cc1cc(C(=O)N(C[C@H]2CCCO2)c2nc3ccc(F)cc3s2)nn1C. The van der Waals surface area contributed by atoms with Crippen molar-refractivity contribution in [3.05, 3.63) is 41.5 Å². The number of aromatic nitrogens is 3. The third kappa shape index (κ3) is 3.22. The molecule has 0 spiro atoms. The Balaban J connectivity index is 1.72. The predicted molar refractivity (Wildman–Crippen MR) is 98.2 cm³/mol. The van der Waals surface area contributed by atoms with Crippen molar-refractivity contribution in [1.82, 2.24) is 14.8 Å². The van der Waals surface area contributed by atoms with E-state index in [9.17, 15) is 9.18 Å². The molecular formula is C18H19FN4O2S. The topological polar surface area (TPSA) is 60.3 Å². The van der Waals surface area contributed by atoms with E-state index in [0.717, 1.165) is 18.5 Å². The van der Waals surface area contributed by atoms with Gasteiger partial charge in [-0.2, -0.15) is 5.10 Å². The highest BCUT2D eigenvalue weighted by Gasteiger charge is 2.28. The molecule has 26 heavy (non-hydrogen) atoms. The molecule has 1 saturated heterocycles. The molecule has 0 radical (unpaired) electrons. The van der Waals surface area contributed by atoms with Crippen molar-refractivity contribution in [2.45, 2.75) is 25.9 Å². The summed E-state index contributed by atoms with van der Waals surface area (Å²) in [6.07, 6.45) is 1.87. The van der Waals surface area contributed by atoms with Crippen molar-refractivity contribution in [3.63, 3.8) is 0 Å². The molecule has 4 rings (SSSR count). The average Bonchev–Trinajstić information content (AvgIpc) is 3.33. The molecule has 0 aliphatic carbocycles. The van der Waals surface area contributed by atoms with Crippen LogP contribution in [0.5, 0.6) is 0 Å². The molecule has 0 N–H and O–H groups in total. The van der Waals surface area contributed by atoms with Gasteiger partial charge in [-0.1, -0.05) is 11.3 Å². The fourth-order valence-electron chi connectivity index (χ4n) is 3.04. The minimum atomic E-state index is -0.315. The van der Waals surface area contributed by atoms with Crippen LogP contribution in [0.2, 0.25) is 0 Å². The van der Waals surface area contributed by atoms with Crippen LogP contribution in [-0.4, -0.2) is 39.9 Å². The van der Waals surface area contributed by atoms with Crippen molar-refractivity contribution in [3.8, 4) is 0 Å². The van der Waals surface area contributed by atoms with Crippen LogP contribution in [-0.2, 0) is 11.8 Å². The molecule has 2 aromatic heterocycles. The third-order valence-electron chi connectivity index (χ3n) is 4.56. The first-order valence-corrected chi connectivity index (χ1v) is 9.33. The van der Waals surface area contributed by atoms with Crippen molar-refractivity contribution in [1.29, 1.82) is 0 Å². The van der Waals surface area contributed by atoms with Crippen LogP contribution in [0, 0.1) is 12.7 Å². The summed E-state index contributed by atoms with van der Waals surface area (Å²) >= 11 is 1.30. The van der Waals surface area contributed by atoms with Crippen molar-refractivity contribution in [2.24, 2.45) is 7.05 Å². The molecule has 0 unspecified atom stereocenters. The fourth-order valence-corrected chi connectivity index (χ4v) is 4.04. The number of nitrogens with zero attached hydrogens (tertiary/aromatic N) is 4. The van der Waals surface area contributed by atoms with Crippen LogP contribution in [0.3, 0.4) is 0 Å². The number of rotatable bonds is 4. The van der Waals surface area contributed by atoms with Gasteiger partial charge in [0.1, 0.15) is 5.82 Å². The number of carbonyl (C=O) groups is 1. The van der Waals surface area contributed by atoms with E-state index in [-0.39, 0.29) is 17.8 Å². The summed E-state index contributed by atoms with van der Waals surface area (Å²) in [4.78, 5) is 19.3. The van der Waals surface area contributed by atoms with Crippen LogP contribution in [0.1, 0.15) is 29.0 Å². The van der Waals surface area contributed by atoms with Gasteiger partial charge in [0.25, 0.3) is 5.91 Å². The highest BCUT2D eigenvalue weighted by Crippen LogP contribution is 2.31. The lowest BCUT2D eigenvalue weighted by molar-refractivity contribution is 0.0913. The first kappa shape index (κ1) is 17.1. The van der Waals surface area contributed by atoms with Crippen LogP contribution >= 0.6 is 11.3 Å². The quantitative estimate of drug-likeness (QED) is 0.703. The summed E-state index contributed by atoms with van der Waals surface area (Å²) in [7, 11) is 1.80. The average molecular weight is 374 g/mol. The zero-order valence-electron chi connectivity index (χ0n) is 14.6. The number of amides is 1. The Morgan fingerprint density at radius 3 is 3.00 bits per heavy atom. The summed E-state index contributed by atoms with van der Waals surface area (Å²) < 4.78 is 21.6. The van der Waals surface area contributed by atoms with Gasteiger partial charge in [-0.15, -0.1) is 0 Å². The normalized spacial score (nSPS) is 17.1. The number of thiazole rings is 1. The Morgan fingerprint density at radius 2 is 2.31 bits per heavy atom. The monoisotopic (exact) mass is 374 g/mol. The summed E-state index contributed by atoms with van der Waals surface area (Å²) in [5, 5.41) is 4.84. The Morgan fingerprint density at radius 1 is 1.46 bits per heavy atom. The molecule has 8 heteroatoms. The number of carbonyl (C=O) groups excluding carboxylic acids is 1. The van der Waals surface area contributed by atoms with E-state index >= 15 is 0 Å². The van der Waals surface area contributed by atoms with Crippen molar-refractivity contribution < 1.29 is 13.9 Å². The lowest BCUT2D eigenvalue weighted by Gasteiger charge is -2.22. The smallest absolute Gasteiger partial charge is 0.280 e. The van der Waals surface area contributed by atoms with Gasteiger partial charge in [0.15, 0.2) is 10.8 Å². The van der Waals surface area contributed by atoms with E-state index in [1.165, 1.54) is 23.5 Å². The second kappa shape index (κ2) is 6.77. The molecule has 136 valence electrons. The van der Waals surface area contributed by atoms with E-state index < -0.39 is 0 Å². The van der Waals surface area contributed by atoms with Crippen LogP contribution in [0.4, 0.5) is 9.52 Å². The van der Waals surface area contributed by atoms with Gasteiger partial charge in [0, 0.05) is 19.3 Å². The lowest BCUT2D eigenvalue weighted by Crippen LogP contribution is -2.37. The number of hydrogen-bond acceptors (Lipinski definition) is 5. The highest BCUT2D eigenvalue weighted by atomic mass is 32.1. The predicted octanol–water partition coefficient (Wildman–Crippen LogP) is 3.30. The number of fused-ring (bicyclic) bond motifs is 1. The minimum absolute atomic E-state index is 0.0208. The molecule has 1 fully saturated rings. The Labute approximate surface area is 154 Å². The number of benzene rings is 1. The Kier molecular flexibility index (Phi) is 4.46. The van der Waals surface area contributed by atoms with Crippen LogP contribution < -0.4 is 4.90 Å². The second-order valence-corrected chi connectivity index (χ2v) is 7.46. The molecular weight excluding hydrogens is 355 g/mol. The number of ether oxygens (including phenoxy) is 1. The maximum atomic E-state index is 13.5. The van der Waals surface area contributed by atoms with Crippen molar-refractivity contribution >= 4 is 32.6 Å². The molecule has 1 aromatic carbocycles. The van der Waals surface area contributed by atoms with Gasteiger partial charge in [-0.05, 0) is 44.0 Å². The molecule has 1 aliphatic heterocycles. The zero-order valence-corrected chi connectivity index (χ0v) is 15.4. The number of halogens is 1. The molecule has 1 amide bonds. The van der Waals surface area contributed by atoms with E-state index in [0.29, 0.717) is 34.2 Å². The van der Waals surface area contributed by atoms with E-state index in [1.54, 1.807) is 28.8 Å². The maximum Gasteiger partial charge on any atom is 0.280 e. The van der Waals surface area contributed by atoms with Gasteiger partial charge in [0.2, 0.25) is 0 Å². The Hall–Kier alpha value is -2.32. The van der Waals surface area contributed by atoms with E-state index in [1.807, 2.05) is 6.92 Å². The van der Waals surface area contributed by atoms with E-state index in [2.05, 4.69) is 10.1 Å². The first-order chi connectivity index (χ1) is 12.5. The number of hydrogen-bond donors (Lipinski definition) is 0. The van der Waals surface area contributed by atoms with Crippen LogP contribution in [0.25, 0.3) is 10.2 Å². The lowest BCUT2D eigenvalue weighted by atomic mass is 10.2. The summed E-state index contributed by atoms with van der Waals surface area (Å²) in [6, 6.07) is 6.21. The molecule has 6 nitrogen and oxygen atoms in total. The van der Waals surface area contributed by atoms with Gasteiger partial charge < -0.3 is 4.74 Å².